The van der Waals surface area contributed by atoms with E-state index in [2.05, 4.69) is 42.8 Å². The third kappa shape index (κ3) is 6.58. The minimum Gasteiger partial charge on any atom is -0.364 e. The zero-order chi connectivity index (χ0) is 27.4. The third-order valence-electron chi connectivity index (χ3n) is 8.36. The number of hydrogen-bond acceptors (Lipinski definition) is 8. The lowest BCUT2D eigenvalue weighted by molar-refractivity contribution is 0.0995. The highest BCUT2D eigenvalue weighted by Gasteiger charge is 2.28. The van der Waals surface area contributed by atoms with Crippen LogP contribution >= 0.6 is 0 Å². The van der Waals surface area contributed by atoms with Crippen molar-refractivity contribution in [3.8, 4) is 0 Å². The molecule has 1 saturated carbocycles. The molecule has 0 bridgehead atoms. The van der Waals surface area contributed by atoms with Crippen LogP contribution in [-0.4, -0.2) is 89.3 Å². The summed E-state index contributed by atoms with van der Waals surface area (Å²) in [7, 11) is 3.44. The molecule has 1 aliphatic carbocycles. The molecule has 1 atom stereocenters. The van der Waals surface area contributed by atoms with Crippen molar-refractivity contribution < 1.29 is 9.59 Å². The lowest BCUT2D eigenvalue weighted by Gasteiger charge is -2.36. The molecular formula is C28H41N9O2. The number of carbonyl (C=O) groups is 2. The number of aromatic nitrogens is 3. The maximum absolute atomic E-state index is 12.1. The van der Waals surface area contributed by atoms with E-state index in [1.165, 1.54) is 62.1 Å². The Balaban J connectivity index is 1.24. The monoisotopic (exact) mass is 535 g/mol. The van der Waals surface area contributed by atoms with E-state index in [0.29, 0.717) is 18.4 Å². The maximum atomic E-state index is 12.1. The number of hydrogen-bond donors (Lipinski definition) is 3. The number of amides is 3. The Morgan fingerprint density at radius 1 is 0.949 bits per heavy atom. The number of nitrogens with two attached hydrogens (primary N) is 1. The van der Waals surface area contributed by atoms with Crippen LogP contribution in [0.15, 0.2) is 24.3 Å². The molecule has 3 fully saturated rings. The number of urea groups is 1. The molecule has 3 heterocycles. The molecule has 11 nitrogen and oxygen atoms in total. The summed E-state index contributed by atoms with van der Waals surface area (Å²) in [5, 5.41) is 14.6. The van der Waals surface area contributed by atoms with Crippen LogP contribution in [0.2, 0.25) is 0 Å². The van der Waals surface area contributed by atoms with Gasteiger partial charge in [0.25, 0.3) is 5.91 Å². The summed E-state index contributed by atoms with van der Waals surface area (Å²) >= 11 is 0. The molecule has 39 heavy (non-hydrogen) atoms. The summed E-state index contributed by atoms with van der Waals surface area (Å²) in [6.45, 7) is 3.66. The second kappa shape index (κ2) is 12.1. The van der Waals surface area contributed by atoms with Gasteiger partial charge in [-0.25, -0.2) is 4.79 Å². The number of piperidine rings is 2. The Morgan fingerprint density at radius 2 is 1.67 bits per heavy atom. The highest BCUT2D eigenvalue weighted by atomic mass is 16.2. The van der Waals surface area contributed by atoms with Gasteiger partial charge in [-0.1, -0.05) is 25.0 Å². The van der Waals surface area contributed by atoms with Crippen LogP contribution in [0, 0.1) is 0 Å². The Bertz CT molecular complexity index is 1140. The number of primary amides is 1. The van der Waals surface area contributed by atoms with E-state index in [4.69, 9.17) is 5.73 Å². The van der Waals surface area contributed by atoms with E-state index in [1.54, 1.807) is 14.1 Å². The van der Waals surface area contributed by atoms with Gasteiger partial charge in [-0.05, 0) is 75.2 Å². The van der Waals surface area contributed by atoms with E-state index in [1.807, 2.05) is 17.0 Å². The Labute approximate surface area is 230 Å². The lowest BCUT2D eigenvalue weighted by atomic mass is 9.88. The number of benzene rings is 1. The van der Waals surface area contributed by atoms with Gasteiger partial charge in [0, 0.05) is 45.0 Å². The first-order valence-electron chi connectivity index (χ1n) is 14.3. The molecule has 11 heteroatoms. The molecule has 2 aromatic rings. The van der Waals surface area contributed by atoms with Gasteiger partial charge in [0.15, 0.2) is 11.5 Å². The summed E-state index contributed by atoms with van der Waals surface area (Å²) in [6.07, 6.45) is 9.64. The fourth-order valence-electron chi connectivity index (χ4n) is 6.13. The van der Waals surface area contributed by atoms with Gasteiger partial charge in [0.05, 0.1) is 0 Å². The van der Waals surface area contributed by atoms with Gasteiger partial charge < -0.3 is 31.1 Å². The maximum Gasteiger partial charge on any atom is 0.317 e. The Morgan fingerprint density at radius 3 is 2.33 bits per heavy atom. The molecule has 5 rings (SSSR count). The van der Waals surface area contributed by atoms with E-state index < -0.39 is 5.91 Å². The van der Waals surface area contributed by atoms with Gasteiger partial charge in [0.1, 0.15) is 0 Å². The van der Waals surface area contributed by atoms with Crippen LogP contribution in [0.1, 0.15) is 73.3 Å². The predicted octanol–water partition coefficient (Wildman–Crippen LogP) is 3.08. The third-order valence-corrected chi connectivity index (χ3v) is 8.36. The molecule has 2 aliphatic heterocycles. The quantitative estimate of drug-likeness (QED) is 0.493. The van der Waals surface area contributed by atoms with Gasteiger partial charge >= 0.3 is 6.03 Å². The van der Waals surface area contributed by atoms with Crippen LogP contribution in [0.4, 0.5) is 22.2 Å². The zero-order valence-corrected chi connectivity index (χ0v) is 23.1. The number of rotatable bonds is 7. The SMILES string of the molecule is CN(C)C(=O)NC1CCCN(c2nnc(C(N)=O)c(Nc3ccc(C4CCN(C5CCCC5)CC4)cc3)n2)C1. The molecule has 3 aliphatic rings. The lowest BCUT2D eigenvalue weighted by Crippen LogP contribution is -2.50. The van der Waals surface area contributed by atoms with Gasteiger partial charge in [-0.3, -0.25) is 4.79 Å². The molecular weight excluding hydrogens is 494 g/mol. The summed E-state index contributed by atoms with van der Waals surface area (Å²) in [5.74, 6) is 0.566. The molecule has 0 spiro atoms. The minimum absolute atomic E-state index is 0.00317. The zero-order valence-electron chi connectivity index (χ0n) is 23.1. The molecule has 0 radical (unpaired) electrons. The topological polar surface area (TPSA) is 133 Å². The molecule has 1 aromatic carbocycles. The van der Waals surface area contributed by atoms with Crippen molar-refractivity contribution in [2.24, 2.45) is 5.73 Å². The van der Waals surface area contributed by atoms with Crippen LogP contribution in [0.25, 0.3) is 0 Å². The van der Waals surface area contributed by atoms with Crippen LogP contribution in [0.3, 0.4) is 0 Å². The van der Waals surface area contributed by atoms with Crippen molar-refractivity contribution in [3.63, 3.8) is 0 Å². The highest BCUT2D eigenvalue weighted by Crippen LogP contribution is 2.33. The fourth-order valence-corrected chi connectivity index (χ4v) is 6.13. The van der Waals surface area contributed by atoms with E-state index in [0.717, 1.165) is 31.1 Å². The summed E-state index contributed by atoms with van der Waals surface area (Å²) in [6, 6.07) is 9.03. The van der Waals surface area contributed by atoms with Crippen LogP contribution in [0.5, 0.6) is 0 Å². The fraction of sp³-hybridized carbons (Fsp3) is 0.607. The average molecular weight is 536 g/mol. The van der Waals surface area contributed by atoms with Gasteiger partial charge in [0.2, 0.25) is 5.95 Å². The first kappa shape index (κ1) is 27.1. The predicted molar refractivity (Wildman–Crippen MR) is 151 cm³/mol. The van der Waals surface area contributed by atoms with E-state index >= 15 is 0 Å². The molecule has 1 aromatic heterocycles. The number of carbonyl (C=O) groups excluding carboxylic acids is 2. The number of likely N-dealkylation sites (tertiary alicyclic amines) is 1. The van der Waals surface area contributed by atoms with Crippen molar-refractivity contribution in [3.05, 3.63) is 35.5 Å². The van der Waals surface area contributed by atoms with Crippen molar-refractivity contribution in [2.75, 3.05) is 50.5 Å². The summed E-state index contributed by atoms with van der Waals surface area (Å²) in [4.78, 5) is 35.0. The first-order chi connectivity index (χ1) is 18.9. The second-order valence-electron chi connectivity index (χ2n) is 11.3. The number of nitrogens with one attached hydrogen (secondary N) is 2. The average Bonchev–Trinajstić information content (AvgIpc) is 3.49. The van der Waals surface area contributed by atoms with Crippen molar-refractivity contribution >= 4 is 29.4 Å². The normalized spacial score (nSPS) is 21.1. The molecule has 2 saturated heterocycles. The minimum atomic E-state index is -0.690. The number of anilines is 3. The summed E-state index contributed by atoms with van der Waals surface area (Å²) in [5.41, 5.74) is 7.75. The van der Waals surface area contributed by atoms with Gasteiger partial charge in [-0.2, -0.15) is 4.98 Å². The summed E-state index contributed by atoms with van der Waals surface area (Å²) < 4.78 is 0. The molecule has 4 N–H and O–H groups in total. The smallest absolute Gasteiger partial charge is 0.317 e. The Hall–Kier alpha value is -3.47. The molecule has 1 unspecified atom stereocenters. The van der Waals surface area contributed by atoms with Gasteiger partial charge in [-0.15, -0.1) is 10.2 Å². The van der Waals surface area contributed by atoms with Crippen LogP contribution in [-0.2, 0) is 0 Å². The number of nitrogens with zero attached hydrogens (tertiary/aromatic N) is 6. The highest BCUT2D eigenvalue weighted by molar-refractivity contribution is 5.96. The van der Waals surface area contributed by atoms with E-state index in [-0.39, 0.29) is 23.6 Å². The van der Waals surface area contributed by atoms with Crippen molar-refractivity contribution in [2.45, 2.75) is 69.4 Å². The van der Waals surface area contributed by atoms with E-state index in [9.17, 15) is 9.59 Å². The molecule has 210 valence electrons. The first-order valence-corrected chi connectivity index (χ1v) is 14.3. The van der Waals surface area contributed by atoms with Crippen molar-refractivity contribution in [1.29, 1.82) is 0 Å². The van der Waals surface area contributed by atoms with Crippen molar-refractivity contribution in [1.82, 2.24) is 30.3 Å². The standard InChI is InChI=1S/C28H41N9O2/c1-35(2)28(39)31-22-6-5-15-37(18-22)27-32-26(24(25(29)38)33-34-27)30-21-11-9-19(10-12-21)20-13-16-36(17-14-20)23-7-3-4-8-23/h9-12,20,22-23H,3-8,13-18H2,1-2H3,(H2,29,38)(H,31,39)(H,30,32,34). The van der Waals surface area contributed by atoms with Crippen LogP contribution < -0.4 is 21.3 Å². The second-order valence-corrected chi connectivity index (χ2v) is 11.3. The largest absolute Gasteiger partial charge is 0.364 e. The molecule has 3 amide bonds. The Kier molecular flexibility index (Phi) is 8.44.